The van der Waals surface area contributed by atoms with Crippen molar-refractivity contribution >= 4 is 34.9 Å². The topological polar surface area (TPSA) is 208 Å². The molecule has 2 saturated heterocycles. The molecule has 1 saturated carbocycles. The van der Waals surface area contributed by atoms with E-state index >= 15 is 0 Å². The van der Waals surface area contributed by atoms with Crippen molar-refractivity contribution in [1.82, 2.24) is 4.90 Å². The summed E-state index contributed by atoms with van der Waals surface area (Å²) in [7, 11) is 4.60. The molecule has 5 rings (SSSR count). The molecule has 4 aliphatic rings. The minimum atomic E-state index is -2.46. The van der Waals surface area contributed by atoms with Gasteiger partial charge in [-0.3, -0.25) is 24.0 Å². The van der Waals surface area contributed by atoms with Gasteiger partial charge in [-0.1, -0.05) is 71.0 Å². The van der Waals surface area contributed by atoms with Gasteiger partial charge >= 0.3 is 5.97 Å². The fourth-order valence-electron chi connectivity index (χ4n) is 11.5. The number of hydroxylamine groups is 1. The molecule has 74 heavy (non-hydrogen) atoms. The van der Waals surface area contributed by atoms with Gasteiger partial charge in [-0.25, -0.2) is 9.86 Å². The van der Waals surface area contributed by atoms with Gasteiger partial charge in [-0.15, -0.1) is 0 Å². The number of ketones is 3. The number of aliphatic hydroxyl groups excluding tert-OH is 2. The zero-order valence-corrected chi connectivity index (χ0v) is 46.0. The minimum absolute atomic E-state index is 0.000532. The molecular formula is C58H88N2O14. The molecule has 414 valence electrons. The van der Waals surface area contributed by atoms with Crippen LogP contribution in [0.15, 0.2) is 65.8 Å². The van der Waals surface area contributed by atoms with Crippen LogP contribution in [0.2, 0.25) is 0 Å². The summed E-state index contributed by atoms with van der Waals surface area (Å²) in [5.74, 6) is -6.84. The molecule has 1 amide bonds. The molecule has 0 radical (unpaired) electrons. The summed E-state index contributed by atoms with van der Waals surface area (Å²) in [6, 6.07) is 8.39. The normalized spacial score (nSPS) is 29.9. The van der Waals surface area contributed by atoms with Gasteiger partial charge in [0.25, 0.3) is 11.7 Å². The highest BCUT2D eigenvalue weighted by Crippen LogP contribution is 2.38. The van der Waals surface area contributed by atoms with Crippen molar-refractivity contribution in [3.05, 3.63) is 65.8 Å². The summed E-state index contributed by atoms with van der Waals surface area (Å²) in [4.78, 5) is 76.6. The van der Waals surface area contributed by atoms with Crippen LogP contribution in [-0.4, -0.2) is 144 Å². The standard InChI is InChI=1S/C58H88N2O14/c1-12-18-35(2)52(63)54(71-11)53(64)39(6)29-36(3)46-26-25-45(74-60(46)43-19-14-13-15-20-43)31-38(5)49(69-9)34-44-24-22-40(7)58(68,73-44)55(65)56(66)59-28-17-16-21-47(59)57(67)72-50(32-41(8)61)37(4)30-42-23-27-48(62)51(33-42)70-10/h13-15,18-20,25-26,31,36-37,39-40,42,44-52,54,62-63,68H,12,16-17,21-24,27-30,32-34H2,1-11H3/b35-18+,38-31+/t36-,37+,39+,40+,42-,44-,45+,46-,47-,48+,49-,50-,51+,52+,54+,58+/m0/s1. The number of piperidine rings is 1. The van der Waals surface area contributed by atoms with Gasteiger partial charge in [-0.2, -0.15) is 0 Å². The molecule has 1 aliphatic carbocycles. The van der Waals surface area contributed by atoms with Crippen LogP contribution < -0.4 is 5.06 Å². The van der Waals surface area contributed by atoms with Crippen LogP contribution in [0.4, 0.5) is 5.69 Å². The number of anilines is 1. The number of likely N-dealkylation sites (tertiary alicyclic amines) is 1. The SMILES string of the molecule is CC/C=C(\C)[C@@H](O)[C@@H](OC)C(=O)[C@H](C)C[C@H](C)[C@@H]1C=C[C@H](/C=C(\C)[C@H](C[C@@H]2CC[C@@H](C)[C@](O)(C(=O)C(=O)N3CCCC[C@H]3C(=O)O[C@@H](CC(C)=O)[C@H](C)C[C@@H]3CC[C@@H](O)[C@H](OC)C3)O2)OC)ON1c1ccccc1. The van der Waals surface area contributed by atoms with Crippen LogP contribution in [0.1, 0.15) is 139 Å². The summed E-state index contributed by atoms with van der Waals surface area (Å²) in [5.41, 5.74) is 2.34. The lowest BCUT2D eigenvalue weighted by molar-refractivity contribution is -0.265. The number of ether oxygens (including phenoxy) is 5. The van der Waals surface area contributed by atoms with Crippen molar-refractivity contribution in [2.24, 2.45) is 29.6 Å². The van der Waals surface area contributed by atoms with Crippen molar-refractivity contribution in [2.45, 2.75) is 206 Å². The number of Topliss-reactive ketones (excluding diaryl/α,β-unsaturated/α-hetero) is 3. The summed E-state index contributed by atoms with van der Waals surface area (Å²) < 4.78 is 29.4. The second-order valence-corrected chi connectivity index (χ2v) is 21.8. The Morgan fingerprint density at radius 3 is 2.27 bits per heavy atom. The number of benzene rings is 1. The number of allylic oxidation sites excluding steroid dienone is 1. The zero-order chi connectivity index (χ0) is 54.4. The average molecular weight is 1040 g/mol. The number of hydrogen-bond donors (Lipinski definition) is 3. The largest absolute Gasteiger partial charge is 0.460 e. The third-order valence-electron chi connectivity index (χ3n) is 16.1. The Balaban J connectivity index is 1.25. The highest BCUT2D eigenvalue weighted by atomic mass is 16.7. The smallest absolute Gasteiger partial charge is 0.329 e. The lowest BCUT2D eigenvalue weighted by atomic mass is 9.79. The second kappa shape index (κ2) is 28.3. The maximum absolute atomic E-state index is 14.3. The fraction of sp³-hybridized carbons (Fsp3) is 0.707. The van der Waals surface area contributed by atoms with Crippen LogP contribution in [0.3, 0.4) is 0 Å². The quantitative estimate of drug-likeness (QED) is 0.0490. The van der Waals surface area contributed by atoms with E-state index in [1.54, 1.807) is 28.1 Å². The number of carbonyl (C=O) groups excluding carboxylic acids is 5. The predicted octanol–water partition coefficient (Wildman–Crippen LogP) is 7.59. The first-order valence-electron chi connectivity index (χ1n) is 27.2. The lowest BCUT2D eigenvalue weighted by Gasteiger charge is -2.43. The number of hydrogen-bond acceptors (Lipinski definition) is 15. The average Bonchev–Trinajstić information content (AvgIpc) is 3.38. The van der Waals surface area contributed by atoms with E-state index < -0.39 is 84.1 Å². The predicted molar refractivity (Wildman–Crippen MR) is 280 cm³/mol. The molecule has 3 heterocycles. The molecule has 3 aliphatic heterocycles. The first-order chi connectivity index (χ1) is 35.2. The number of nitrogens with zero attached hydrogens (tertiary/aromatic N) is 2. The monoisotopic (exact) mass is 1040 g/mol. The van der Waals surface area contributed by atoms with E-state index in [2.05, 4.69) is 13.0 Å². The Kier molecular flexibility index (Phi) is 23.2. The summed E-state index contributed by atoms with van der Waals surface area (Å²) in [5, 5.41) is 35.2. The third kappa shape index (κ3) is 15.5. The van der Waals surface area contributed by atoms with Gasteiger partial charge in [0.2, 0.25) is 5.79 Å². The van der Waals surface area contributed by atoms with Crippen LogP contribution in [0.5, 0.6) is 0 Å². The molecule has 1 aromatic rings. The van der Waals surface area contributed by atoms with Gasteiger partial charge < -0.3 is 43.9 Å². The molecule has 3 fully saturated rings. The minimum Gasteiger partial charge on any atom is -0.460 e. The molecule has 0 bridgehead atoms. The molecule has 3 N–H and O–H groups in total. The van der Waals surface area contributed by atoms with Gasteiger partial charge in [0, 0.05) is 52.6 Å². The van der Waals surface area contributed by atoms with Crippen LogP contribution >= 0.6 is 0 Å². The summed E-state index contributed by atoms with van der Waals surface area (Å²) in [6.45, 7) is 14.8. The van der Waals surface area contributed by atoms with Crippen molar-refractivity contribution in [1.29, 1.82) is 0 Å². The van der Waals surface area contributed by atoms with Gasteiger partial charge in [-0.05, 0) is 139 Å². The van der Waals surface area contributed by atoms with E-state index in [0.717, 1.165) is 24.1 Å². The molecule has 0 aromatic heterocycles. The number of amides is 1. The van der Waals surface area contributed by atoms with E-state index in [0.29, 0.717) is 56.9 Å². The van der Waals surface area contributed by atoms with E-state index in [4.69, 9.17) is 28.5 Å². The van der Waals surface area contributed by atoms with E-state index in [1.807, 2.05) is 81.3 Å². The number of carbonyl (C=O) groups is 5. The molecule has 16 heteroatoms. The van der Waals surface area contributed by atoms with Crippen molar-refractivity contribution < 1.29 is 67.8 Å². The summed E-state index contributed by atoms with van der Waals surface area (Å²) >= 11 is 0. The number of methoxy groups -OCH3 is 3. The van der Waals surface area contributed by atoms with E-state index in [-0.39, 0.29) is 67.3 Å². The van der Waals surface area contributed by atoms with Crippen molar-refractivity contribution in [3.63, 3.8) is 0 Å². The zero-order valence-electron chi connectivity index (χ0n) is 46.0. The van der Waals surface area contributed by atoms with Crippen molar-refractivity contribution in [2.75, 3.05) is 32.9 Å². The second-order valence-electron chi connectivity index (χ2n) is 21.8. The van der Waals surface area contributed by atoms with Crippen LogP contribution in [0, 0.1) is 29.6 Å². The highest BCUT2D eigenvalue weighted by molar-refractivity contribution is 6.39. The Bertz CT molecular complexity index is 2110. The summed E-state index contributed by atoms with van der Waals surface area (Å²) in [6.07, 6.45) is 9.07. The maximum Gasteiger partial charge on any atom is 0.329 e. The van der Waals surface area contributed by atoms with Gasteiger partial charge in [0.05, 0.1) is 36.1 Å². The number of rotatable bonds is 25. The molecule has 16 nitrogen and oxygen atoms in total. The highest BCUT2D eigenvalue weighted by Gasteiger charge is 2.53. The molecule has 1 aromatic carbocycles. The number of esters is 1. The lowest BCUT2D eigenvalue weighted by Crippen LogP contribution is -2.61. The molecular weight excluding hydrogens is 949 g/mol. The van der Waals surface area contributed by atoms with Crippen molar-refractivity contribution in [3.8, 4) is 0 Å². The number of aliphatic hydroxyl groups is 3. The van der Waals surface area contributed by atoms with E-state index in [1.165, 1.54) is 18.9 Å². The van der Waals surface area contributed by atoms with Gasteiger partial charge in [0.1, 0.15) is 36.2 Å². The Morgan fingerprint density at radius 1 is 0.905 bits per heavy atom. The third-order valence-corrected chi connectivity index (χ3v) is 16.1. The molecule has 16 atom stereocenters. The first-order valence-corrected chi connectivity index (χ1v) is 27.2. The molecule has 0 spiro atoms. The maximum atomic E-state index is 14.3. The number of para-hydroxylation sites is 1. The molecule has 0 unspecified atom stereocenters. The Hall–Kier alpha value is -4.13. The Morgan fingerprint density at radius 2 is 1.62 bits per heavy atom. The van der Waals surface area contributed by atoms with Crippen LogP contribution in [0.25, 0.3) is 0 Å². The van der Waals surface area contributed by atoms with Gasteiger partial charge in [0.15, 0.2) is 5.78 Å². The van der Waals surface area contributed by atoms with E-state index in [9.17, 15) is 39.3 Å². The Labute approximate surface area is 440 Å². The van der Waals surface area contributed by atoms with Crippen LogP contribution in [-0.2, 0) is 52.5 Å². The first kappa shape index (κ1) is 60.7. The fourth-order valence-corrected chi connectivity index (χ4v) is 11.5.